The predicted octanol–water partition coefficient (Wildman–Crippen LogP) is 3.36. The molecular weight excluding hydrogens is 448 g/mol. The average Bonchev–Trinajstić information content (AvgIpc) is 2.98. The summed E-state index contributed by atoms with van der Waals surface area (Å²) in [6.45, 7) is 4.94. The third-order valence-electron chi connectivity index (χ3n) is 6.86. The van der Waals surface area contributed by atoms with E-state index in [1.165, 1.54) is 4.90 Å². The number of aliphatic carboxylic acids is 1. The lowest BCUT2D eigenvalue weighted by Gasteiger charge is -2.29. The molecule has 186 valence electrons. The van der Waals surface area contributed by atoms with Crippen LogP contribution >= 0.6 is 0 Å². The van der Waals surface area contributed by atoms with Crippen LogP contribution in [0.5, 0.6) is 0 Å². The van der Waals surface area contributed by atoms with Gasteiger partial charge in [-0.3, -0.25) is 9.59 Å². The monoisotopic (exact) mass is 480 g/mol. The minimum Gasteiger partial charge on any atom is -0.481 e. The number of nitrogens with one attached hydrogen (secondary N) is 1. The third-order valence-corrected chi connectivity index (χ3v) is 6.86. The van der Waals surface area contributed by atoms with Gasteiger partial charge in [0.25, 0.3) is 0 Å². The quantitative estimate of drug-likeness (QED) is 0.630. The second kappa shape index (κ2) is 10.9. The first kappa shape index (κ1) is 24.7. The summed E-state index contributed by atoms with van der Waals surface area (Å²) in [5.41, 5.74) is 4.58. The van der Waals surface area contributed by atoms with Crippen molar-refractivity contribution in [3.8, 4) is 11.1 Å². The van der Waals surface area contributed by atoms with Crippen molar-refractivity contribution in [1.82, 2.24) is 10.2 Å². The topological polar surface area (TPSA) is 105 Å². The Labute approximate surface area is 205 Å². The Morgan fingerprint density at radius 3 is 2.31 bits per heavy atom. The van der Waals surface area contributed by atoms with Crippen molar-refractivity contribution in [3.63, 3.8) is 0 Å². The standard InChI is InChI=1S/C27H32N2O6/c1-17(2)23(25(30)29-11-12-34-15-18(14-29)26(31)32)13-28-27(33)35-16-24-21-9-5-3-7-19(21)20-8-4-6-10-22(20)24/h3-10,17-18,23-24H,11-16H2,1-2H3,(H,28,33)(H,31,32). The van der Waals surface area contributed by atoms with Crippen LogP contribution in [0.2, 0.25) is 0 Å². The molecule has 8 nitrogen and oxygen atoms in total. The van der Waals surface area contributed by atoms with Gasteiger partial charge in [-0.15, -0.1) is 0 Å². The van der Waals surface area contributed by atoms with Crippen molar-refractivity contribution < 1.29 is 29.0 Å². The van der Waals surface area contributed by atoms with E-state index >= 15 is 0 Å². The van der Waals surface area contributed by atoms with Crippen LogP contribution in [-0.4, -0.2) is 67.4 Å². The van der Waals surface area contributed by atoms with Crippen molar-refractivity contribution in [2.75, 3.05) is 39.5 Å². The molecule has 0 aromatic heterocycles. The number of alkyl carbamates (subject to hydrolysis) is 1. The zero-order chi connectivity index (χ0) is 24.9. The SMILES string of the molecule is CC(C)C(CNC(=O)OCC1c2ccccc2-c2ccccc21)C(=O)N1CCOCC(C(=O)O)C1. The fourth-order valence-corrected chi connectivity index (χ4v) is 4.85. The van der Waals surface area contributed by atoms with E-state index in [0.29, 0.717) is 13.2 Å². The molecule has 0 spiro atoms. The largest absolute Gasteiger partial charge is 0.481 e. The van der Waals surface area contributed by atoms with Crippen LogP contribution in [0.4, 0.5) is 4.79 Å². The molecule has 4 rings (SSSR count). The number of fused-ring (bicyclic) bond motifs is 3. The van der Waals surface area contributed by atoms with E-state index in [0.717, 1.165) is 22.3 Å². The maximum absolute atomic E-state index is 13.2. The molecule has 2 amide bonds. The van der Waals surface area contributed by atoms with Crippen LogP contribution in [0, 0.1) is 17.8 Å². The number of carboxylic acid groups (broad SMARTS) is 1. The molecule has 1 aliphatic heterocycles. The molecule has 0 radical (unpaired) electrons. The summed E-state index contributed by atoms with van der Waals surface area (Å²) in [5, 5.41) is 12.1. The van der Waals surface area contributed by atoms with Gasteiger partial charge in [-0.25, -0.2) is 4.79 Å². The Morgan fingerprint density at radius 2 is 1.71 bits per heavy atom. The molecule has 2 N–H and O–H groups in total. The number of benzene rings is 2. The van der Waals surface area contributed by atoms with Crippen molar-refractivity contribution in [2.45, 2.75) is 19.8 Å². The lowest BCUT2D eigenvalue weighted by atomic mass is 9.93. The zero-order valence-electron chi connectivity index (χ0n) is 20.1. The first-order valence-corrected chi connectivity index (χ1v) is 12.0. The molecule has 1 heterocycles. The summed E-state index contributed by atoms with van der Waals surface area (Å²) in [4.78, 5) is 38.8. The number of rotatable bonds is 7. The first-order chi connectivity index (χ1) is 16.9. The Bertz CT molecular complexity index is 1040. The molecule has 8 heteroatoms. The summed E-state index contributed by atoms with van der Waals surface area (Å²) in [5.74, 6) is -2.52. The molecule has 1 fully saturated rings. The maximum Gasteiger partial charge on any atom is 0.407 e. The molecule has 2 aromatic rings. The average molecular weight is 481 g/mol. The highest BCUT2D eigenvalue weighted by molar-refractivity contribution is 5.81. The maximum atomic E-state index is 13.2. The molecule has 1 aliphatic carbocycles. The van der Waals surface area contributed by atoms with Crippen LogP contribution in [0.25, 0.3) is 11.1 Å². The molecule has 2 unspecified atom stereocenters. The first-order valence-electron chi connectivity index (χ1n) is 12.0. The van der Waals surface area contributed by atoms with E-state index in [1.54, 1.807) is 0 Å². The highest BCUT2D eigenvalue weighted by Gasteiger charge is 2.33. The lowest BCUT2D eigenvalue weighted by molar-refractivity contribution is -0.145. The smallest absolute Gasteiger partial charge is 0.407 e. The Balaban J connectivity index is 1.36. The number of hydrogen-bond acceptors (Lipinski definition) is 5. The summed E-state index contributed by atoms with van der Waals surface area (Å²) in [6, 6.07) is 16.3. The van der Waals surface area contributed by atoms with E-state index in [9.17, 15) is 19.5 Å². The van der Waals surface area contributed by atoms with E-state index in [1.807, 2.05) is 38.1 Å². The Morgan fingerprint density at radius 1 is 1.09 bits per heavy atom. The number of nitrogens with zero attached hydrogens (tertiary/aromatic N) is 1. The normalized spacial score (nSPS) is 18.4. The number of carboxylic acids is 1. The minimum atomic E-state index is -0.984. The second-order valence-electron chi connectivity index (χ2n) is 9.45. The van der Waals surface area contributed by atoms with Gasteiger partial charge in [-0.05, 0) is 28.2 Å². The van der Waals surface area contributed by atoms with Crippen molar-refractivity contribution in [1.29, 1.82) is 0 Å². The van der Waals surface area contributed by atoms with Gasteiger partial charge in [0.2, 0.25) is 5.91 Å². The molecule has 2 aromatic carbocycles. The van der Waals surface area contributed by atoms with Crippen molar-refractivity contribution >= 4 is 18.0 Å². The highest BCUT2D eigenvalue weighted by atomic mass is 16.5. The van der Waals surface area contributed by atoms with Gasteiger partial charge in [-0.2, -0.15) is 0 Å². The number of amides is 2. The molecule has 2 atom stereocenters. The van der Waals surface area contributed by atoms with Gasteiger partial charge in [0.05, 0.1) is 25.0 Å². The van der Waals surface area contributed by atoms with Gasteiger partial charge in [0.1, 0.15) is 6.61 Å². The number of carbonyl (C=O) groups excluding carboxylic acids is 2. The summed E-state index contributed by atoms with van der Waals surface area (Å²) >= 11 is 0. The summed E-state index contributed by atoms with van der Waals surface area (Å²) < 4.78 is 10.9. The minimum absolute atomic E-state index is 0.0410. The van der Waals surface area contributed by atoms with Gasteiger partial charge in [0, 0.05) is 25.6 Å². The van der Waals surface area contributed by atoms with Crippen LogP contribution in [0.1, 0.15) is 30.9 Å². The van der Waals surface area contributed by atoms with Crippen molar-refractivity contribution in [2.24, 2.45) is 17.8 Å². The molecule has 0 saturated carbocycles. The van der Waals surface area contributed by atoms with Gasteiger partial charge in [-0.1, -0.05) is 62.4 Å². The van der Waals surface area contributed by atoms with Crippen LogP contribution < -0.4 is 5.32 Å². The molecule has 35 heavy (non-hydrogen) atoms. The van der Waals surface area contributed by atoms with Crippen LogP contribution in [0.3, 0.4) is 0 Å². The number of hydrogen-bond donors (Lipinski definition) is 2. The molecular formula is C27H32N2O6. The molecule has 2 aliphatic rings. The van der Waals surface area contributed by atoms with Gasteiger partial charge in [0.15, 0.2) is 0 Å². The zero-order valence-corrected chi connectivity index (χ0v) is 20.1. The predicted molar refractivity (Wildman–Crippen MR) is 130 cm³/mol. The van der Waals surface area contributed by atoms with E-state index in [2.05, 4.69) is 29.6 Å². The summed E-state index contributed by atoms with van der Waals surface area (Å²) in [6.07, 6.45) is -0.576. The van der Waals surface area contributed by atoms with E-state index in [-0.39, 0.29) is 44.0 Å². The molecule has 1 saturated heterocycles. The van der Waals surface area contributed by atoms with E-state index < -0.39 is 23.9 Å². The Hall–Kier alpha value is -3.39. The second-order valence-corrected chi connectivity index (χ2v) is 9.45. The van der Waals surface area contributed by atoms with E-state index in [4.69, 9.17) is 9.47 Å². The van der Waals surface area contributed by atoms with Crippen LogP contribution in [-0.2, 0) is 19.1 Å². The summed E-state index contributed by atoms with van der Waals surface area (Å²) in [7, 11) is 0. The Kier molecular flexibility index (Phi) is 7.70. The fraction of sp³-hybridized carbons (Fsp3) is 0.444. The van der Waals surface area contributed by atoms with Crippen molar-refractivity contribution in [3.05, 3.63) is 59.7 Å². The lowest BCUT2D eigenvalue weighted by Crippen LogP contribution is -2.46. The van der Waals surface area contributed by atoms with Gasteiger partial charge < -0.3 is 24.8 Å². The third kappa shape index (κ3) is 5.48. The van der Waals surface area contributed by atoms with Crippen LogP contribution in [0.15, 0.2) is 48.5 Å². The molecule has 0 bridgehead atoms. The highest BCUT2D eigenvalue weighted by Crippen LogP contribution is 2.44. The number of ether oxygens (including phenoxy) is 2. The van der Waals surface area contributed by atoms with Gasteiger partial charge >= 0.3 is 12.1 Å². The fourth-order valence-electron chi connectivity index (χ4n) is 4.85. The number of carbonyl (C=O) groups is 3.